The summed E-state index contributed by atoms with van der Waals surface area (Å²) >= 11 is 0. The van der Waals surface area contributed by atoms with Gasteiger partial charge in [0.2, 0.25) is 0 Å². The molecule has 84 valence electrons. The highest BCUT2D eigenvalue weighted by Gasteiger charge is 2.25. The third-order valence-electron chi connectivity index (χ3n) is 3.04. The summed E-state index contributed by atoms with van der Waals surface area (Å²) in [5, 5.41) is 9.79. The van der Waals surface area contributed by atoms with Gasteiger partial charge in [0.05, 0.1) is 12.7 Å². The molecule has 1 rings (SSSR count). The molecule has 1 heterocycles. The SMILES string of the molecule is CCN(CC1COCCC1O)C(C)C. The number of nitrogens with zero attached hydrogens (tertiary/aromatic N) is 1. The second-order valence-corrected chi connectivity index (χ2v) is 4.37. The highest BCUT2D eigenvalue weighted by Crippen LogP contribution is 2.16. The molecule has 2 atom stereocenters. The van der Waals surface area contributed by atoms with Gasteiger partial charge >= 0.3 is 0 Å². The standard InChI is InChI=1S/C11H23NO2/c1-4-12(9(2)3)7-10-8-14-6-5-11(10)13/h9-11,13H,4-8H2,1-3H3. The van der Waals surface area contributed by atoms with Crippen LogP contribution in [0, 0.1) is 5.92 Å². The fraction of sp³-hybridized carbons (Fsp3) is 1.00. The minimum absolute atomic E-state index is 0.170. The van der Waals surface area contributed by atoms with Crippen LogP contribution in [0.5, 0.6) is 0 Å². The summed E-state index contributed by atoms with van der Waals surface area (Å²) in [6, 6.07) is 0.550. The number of ether oxygens (including phenoxy) is 1. The summed E-state index contributed by atoms with van der Waals surface area (Å²) in [7, 11) is 0. The maximum atomic E-state index is 9.79. The summed E-state index contributed by atoms with van der Waals surface area (Å²) < 4.78 is 5.39. The van der Waals surface area contributed by atoms with Crippen LogP contribution in [0.25, 0.3) is 0 Å². The summed E-state index contributed by atoms with van der Waals surface area (Å²) in [6.07, 6.45) is 0.622. The van der Waals surface area contributed by atoms with Crippen molar-refractivity contribution in [2.45, 2.75) is 39.3 Å². The van der Waals surface area contributed by atoms with Crippen LogP contribution >= 0.6 is 0 Å². The van der Waals surface area contributed by atoms with E-state index in [2.05, 4.69) is 25.7 Å². The first-order valence-corrected chi connectivity index (χ1v) is 5.65. The van der Waals surface area contributed by atoms with Gasteiger partial charge in [-0.3, -0.25) is 0 Å². The molecule has 14 heavy (non-hydrogen) atoms. The normalized spacial score (nSPS) is 28.7. The van der Waals surface area contributed by atoms with Gasteiger partial charge < -0.3 is 14.7 Å². The second-order valence-electron chi connectivity index (χ2n) is 4.37. The van der Waals surface area contributed by atoms with E-state index in [1.165, 1.54) is 0 Å². The first kappa shape index (κ1) is 12.0. The largest absolute Gasteiger partial charge is 0.393 e. The first-order valence-electron chi connectivity index (χ1n) is 5.65. The Labute approximate surface area is 87.1 Å². The Morgan fingerprint density at radius 2 is 2.21 bits per heavy atom. The number of hydrogen-bond donors (Lipinski definition) is 1. The summed E-state index contributed by atoms with van der Waals surface area (Å²) in [4.78, 5) is 2.38. The molecule has 0 saturated carbocycles. The van der Waals surface area contributed by atoms with E-state index in [9.17, 15) is 5.11 Å². The van der Waals surface area contributed by atoms with Crippen LogP contribution < -0.4 is 0 Å². The highest BCUT2D eigenvalue weighted by molar-refractivity contribution is 4.77. The summed E-state index contributed by atoms with van der Waals surface area (Å²) in [6.45, 7) is 9.97. The predicted molar refractivity (Wildman–Crippen MR) is 57.3 cm³/mol. The molecule has 0 aromatic rings. The average Bonchev–Trinajstić information content (AvgIpc) is 2.16. The molecular weight excluding hydrogens is 178 g/mol. The monoisotopic (exact) mass is 201 g/mol. The molecule has 0 radical (unpaired) electrons. The fourth-order valence-corrected chi connectivity index (χ4v) is 1.97. The van der Waals surface area contributed by atoms with Crippen molar-refractivity contribution in [2.75, 3.05) is 26.3 Å². The third-order valence-corrected chi connectivity index (χ3v) is 3.04. The maximum Gasteiger partial charge on any atom is 0.0624 e. The van der Waals surface area contributed by atoms with Gasteiger partial charge in [-0.25, -0.2) is 0 Å². The molecule has 3 nitrogen and oxygen atoms in total. The molecule has 0 spiro atoms. The average molecular weight is 201 g/mol. The molecule has 0 amide bonds. The molecule has 1 fully saturated rings. The number of aliphatic hydroxyl groups is 1. The van der Waals surface area contributed by atoms with E-state index >= 15 is 0 Å². The maximum absolute atomic E-state index is 9.79. The van der Waals surface area contributed by atoms with Gasteiger partial charge in [0.25, 0.3) is 0 Å². The zero-order chi connectivity index (χ0) is 10.6. The molecule has 0 aromatic carbocycles. The summed E-state index contributed by atoms with van der Waals surface area (Å²) in [5.41, 5.74) is 0. The van der Waals surface area contributed by atoms with E-state index in [1.54, 1.807) is 0 Å². The zero-order valence-corrected chi connectivity index (χ0v) is 9.57. The minimum Gasteiger partial charge on any atom is -0.393 e. The molecule has 1 aliphatic rings. The Kier molecular flexibility index (Phi) is 4.85. The van der Waals surface area contributed by atoms with Crippen LogP contribution in [0.15, 0.2) is 0 Å². The molecule has 3 heteroatoms. The lowest BCUT2D eigenvalue weighted by atomic mass is 9.97. The van der Waals surface area contributed by atoms with Crippen LogP contribution in [-0.2, 0) is 4.74 Å². The van der Waals surface area contributed by atoms with Crippen molar-refractivity contribution in [3.8, 4) is 0 Å². The molecule has 1 aliphatic heterocycles. The van der Waals surface area contributed by atoms with Crippen molar-refractivity contribution < 1.29 is 9.84 Å². The zero-order valence-electron chi connectivity index (χ0n) is 9.57. The molecule has 1 saturated heterocycles. The topological polar surface area (TPSA) is 32.7 Å². The van der Waals surface area contributed by atoms with E-state index in [0.29, 0.717) is 25.2 Å². The molecule has 0 bridgehead atoms. The molecule has 0 aromatic heterocycles. The van der Waals surface area contributed by atoms with Crippen molar-refractivity contribution in [1.29, 1.82) is 0 Å². The van der Waals surface area contributed by atoms with Gasteiger partial charge in [-0.1, -0.05) is 6.92 Å². The van der Waals surface area contributed by atoms with Crippen LogP contribution in [-0.4, -0.2) is 48.5 Å². The van der Waals surface area contributed by atoms with Gasteiger partial charge in [-0.05, 0) is 26.8 Å². The third kappa shape index (κ3) is 3.23. The Morgan fingerprint density at radius 3 is 2.71 bits per heavy atom. The second kappa shape index (κ2) is 5.69. The van der Waals surface area contributed by atoms with E-state index in [4.69, 9.17) is 4.74 Å². The van der Waals surface area contributed by atoms with Gasteiger partial charge in [0.1, 0.15) is 0 Å². The van der Waals surface area contributed by atoms with Crippen LogP contribution in [0.1, 0.15) is 27.2 Å². The van der Waals surface area contributed by atoms with E-state index in [-0.39, 0.29) is 6.10 Å². The smallest absolute Gasteiger partial charge is 0.0624 e. The lowest BCUT2D eigenvalue weighted by Gasteiger charge is -2.34. The number of aliphatic hydroxyl groups excluding tert-OH is 1. The number of hydrogen-bond acceptors (Lipinski definition) is 3. The molecule has 2 unspecified atom stereocenters. The Bertz CT molecular complexity index is 161. The molecule has 0 aliphatic carbocycles. The van der Waals surface area contributed by atoms with Crippen molar-refractivity contribution in [1.82, 2.24) is 4.90 Å². The van der Waals surface area contributed by atoms with Gasteiger partial charge in [-0.15, -0.1) is 0 Å². The quantitative estimate of drug-likeness (QED) is 0.739. The predicted octanol–water partition coefficient (Wildman–Crippen LogP) is 1.11. The Balaban J connectivity index is 2.39. The fourth-order valence-electron chi connectivity index (χ4n) is 1.97. The van der Waals surface area contributed by atoms with Crippen LogP contribution in [0.4, 0.5) is 0 Å². The Morgan fingerprint density at radius 1 is 1.50 bits per heavy atom. The lowest BCUT2D eigenvalue weighted by molar-refractivity contribution is -0.0487. The number of rotatable bonds is 4. The van der Waals surface area contributed by atoms with Gasteiger partial charge in [0, 0.05) is 25.1 Å². The van der Waals surface area contributed by atoms with E-state index in [1.807, 2.05) is 0 Å². The summed E-state index contributed by atoms with van der Waals surface area (Å²) in [5.74, 6) is 0.297. The molecular formula is C11H23NO2. The lowest BCUT2D eigenvalue weighted by Crippen LogP contribution is -2.43. The van der Waals surface area contributed by atoms with Crippen molar-refractivity contribution >= 4 is 0 Å². The van der Waals surface area contributed by atoms with Crippen molar-refractivity contribution in [3.63, 3.8) is 0 Å². The van der Waals surface area contributed by atoms with Crippen molar-refractivity contribution in [2.24, 2.45) is 5.92 Å². The van der Waals surface area contributed by atoms with Crippen LogP contribution in [0.2, 0.25) is 0 Å². The van der Waals surface area contributed by atoms with Crippen LogP contribution in [0.3, 0.4) is 0 Å². The van der Waals surface area contributed by atoms with Gasteiger partial charge in [-0.2, -0.15) is 0 Å². The van der Waals surface area contributed by atoms with Gasteiger partial charge in [0.15, 0.2) is 0 Å². The highest BCUT2D eigenvalue weighted by atomic mass is 16.5. The minimum atomic E-state index is -0.170. The van der Waals surface area contributed by atoms with E-state index < -0.39 is 0 Å². The Hall–Kier alpha value is -0.120. The van der Waals surface area contributed by atoms with E-state index in [0.717, 1.165) is 19.5 Å². The first-order chi connectivity index (χ1) is 6.65. The molecule has 1 N–H and O–H groups in total. The van der Waals surface area contributed by atoms with Crippen molar-refractivity contribution in [3.05, 3.63) is 0 Å².